The van der Waals surface area contributed by atoms with E-state index in [-0.39, 0.29) is 5.60 Å². The van der Waals surface area contributed by atoms with Crippen LogP contribution in [-0.4, -0.2) is 36.9 Å². The molecule has 19 heavy (non-hydrogen) atoms. The summed E-state index contributed by atoms with van der Waals surface area (Å²) < 4.78 is 5.34. The van der Waals surface area contributed by atoms with Crippen molar-refractivity contribution in [1.29, 1.82) is 0 Å². The van der Waals surface area contributed by atoms with Gasteiger partial charge in [-0.1, -0.05) is 18.2 Å². The second-order valence-corrected chi connectivity index (χ2v) is 5.18. The van der Waals surface area contributed by atoms with E-state index < -0.39 is 5.97 Å². The fourth-order valence-electron chi connectivity index (χ4n) is 1.79. The molecular formula is C15H23NO3. The zero-order valence-electron chi connectivity index (χ0n) is 11.9. The molecule has 1 aromatic rings. The van der Waals surface area contributed by atoms with Gasteiger partial charge in [0.15, 0.2) is 0 Å². The number of nitrogens with one attached hydrogen (secondary N) is 1. The van der Waals surface area contributed by atoms with Crippen LogP contribution in [0.25, 0.3) is 0 Å². The van der Waals surface area contributed by atoms with Crippen molar-refractivity contribution in [2.75, 3.05) is 20.2 Å². The van der Waals surface area contributed by atoms with E-state index in [1.165, 1.54) is 0 Å². The summed E-state index contributed by atoms with van der Waals surface area (Å²) in [5, 5.41) is 12.4. The molecule has 0 heterocycles. The van der Waals surface area contributed by atoms with Gasteiger partial charge in [0.1, 0.15) is 0 Å². The molecule has 0 fully saturated rings. The SMILES string of the molecule is COC(C)(C)CCNCCc1ccccc1C(=O)O. The number of carboxylic acids is 1. The maximum absolute atomic E-state index is 11.0. The van der Waals surface area contributed by atoms with Crippen LogP contribution in [0.4, 0.5) is 0 Å². The molecule has 0 spiro atoms. The Morgan fingerprint density at radius 2 is 2.00 bits per heavy atom. The molecule has 0 amide bonds. The Morgan fingerprint density at radius 1 is 1.32 bits per heavy atom. The molecular weight excluding hydrogens is 242 g/mol. The zero-order valence-corrected chi connectivity index (χ0v) is 11.9. The van der Waals surface area contributed by atoms with Gasteiger partial charge in [-0.2, -0.15) is 0 Å². The van der Waals surface area contributed by atoms with Crippen LogP contribution < -0.4 is 5.32 Å². The molecule has 0 aliphatic heterocycles. The van der Waals surface area contributed by atoms with Crippen LogP contribution in [0.15, 0.2) is 24.3 Å². The quantitative estimate of drug-likeness (QED) is 0.708. The average Bonchev–Trinajstić information content (AvgIpc) is 2.38. The van der Waals surface area contributed by atoms with Crippen LogP contribution in [-0.2, 0) is 11.2 Å². The van der Waals surface area contributed by atoms with E-state index in [4.69, 9.17) is 9.84 Å². The summed E-state index contributed by atoms with van der Waals surface area (Å²) >= 11 is 0. The monoisotopic (exact) mass is 265 g/mol. The van der Waals surface area contributed by atoms with Crippen LogP contribution in [0.3, 0.4) is 0 Å². The third-order valence-electron chi connectivity index (χ3n) is 3.28. The molecule has 0 bridgehead atoms. The van der Waals surface area contributed by atoms with Gasteiger partial charge in [0.25, 0.3) is 0 Å². The highest BCUT2D eigenvalue weighted by Gasteiger charge is 2.15. The van der Waals surface area contributed by atoms with Crippen molar-refractivity contribution >= 4 is 5.97 Å². The molecule has 0 aromatic heterocycles. The maximum Gasteiger partial charge on any atom is 0.335 e. The highest BCUT2D eigenvalue weighted by molar-refractivity contribution is 5.89. The second kappa shape index (κ2) is 7.26. The number of carbonyl (C=O) groups is 1. The van der Waals surface area contributed by atoms with Crippen LogP contribution in [0.2, 0.25) is 0 Å². The highest BCUT2D eigenvalue weighted by Crippen LogP contribution is 2.12. The Kier molecular flexibility index (Phi) is 5.99. The zero-order chi connectivity index (χ0) is 14.3. The van der Waals surface area contributed by atoms with Crippen molar-refractivity contribution in [3.63, 3.8) is 0 Å². The minimum Gasteiger partial charge on any atom is -0.478 e. The molecule has 0 unspecified atom stereocenters. The summed E-state index contributed by atoms with van der Waals surface area (Å²) in [5.41, 5.74) is 1.14. The number of benzene rings is 1. The van der Waals surface area contributed by atoms with Crippen LogP contribution >= 0.6 is 0 Å². The number of methoxy groups -OCH3 is 1. The van der Waals surface area contributed by atoms with Crippen molar-refractivity contribution in [3.8, 4) is 0 Å². The molecule has 106 valence electrons. The van der Waals surface area contributed by atoms with Gasteiger partial charge in [0.05, 0.1) is 11.2 Å². The lowest BCUT2D eigenvalue weighted by Gasteiger charge is -2.22. The van der Waals surface area contributed by atoms with Crippen LogP contribution in [0, 0.1) is 0 Å². The van der Waals surface area contributed by atoms with E-state index >= 15 is 0 Å². The highest BCUT2D eigenvalue weighted by atomic mass is 16.5. The van der Waals surface area contributed by atoms with Gasteiger partial charge in [0, 0.05) is 7.11 Å². The first-order valence-electron chi connectivity index (χ1n) is 6.53. The summed E-state index contributed by atoms with van der Waals surface area (Å²) in [6.07, 6.45) is 1.64. The number of rotatable bonds is 8. The molecule has 0 aliphatic carbocycles. The van der Waals surface area contributed by atoms with E-state index in [0.29, 0.717) is 5.56 Å². The Labute approximate surface area is 114 Å². The second-order valence-electron chi connectivity index (χ2n) is 5.18. The summed E-state index contributed by atoms with van der Waals surface area (Å²) in [7, 11) is 1.71. The molecule has 0 atom stereocenters. The molecule has 0 aliphatic rings. The Bertz CT molecular complexity index is 416. The lowest BCUT2D eigenvalue weighted by atomic mass is 10.0. The van der Waals surface area contributed by atoms with Crippen molar-refractivity contribution in [3.05, 3.63) is 35.4 Å². The van der Waals surface area contributed by atoms with Gasteiger partial charge in [-0.25, -0.2) is 4.79 Å². The maximum atomic E-state index is 11.0. The fourth-order valence-corrected chi connectivity index (χ4v) is 1.79. The normalized spacial score (nSPS) is 11.5. The smallest absolute Gasteiger partial charge is 0.335 e. The van der Waals surface area contributed by atoms with E-state index in [2.05, 4.69) is 19.2 Å². The molecule has 4 heteroatoms. The van der Waals surface area contributed by atoms with Crippen molar-refractivity contribution in [1.82, 2.24) is 5.32 Å². The summed E-state index contributed by atoms with van der Waals surface area (Å²) in [6.45, 7) is 5.73. The molecule has 0 saturated heterocycles. The Hall–Kier alpha value is -1.39. The third kappa shape index (κ3) is 5.41. The lowest BCUT2D eigenvalue weighted by molar-refractivity contribution is 0.0159. The van der Waals surface area contributed by atoms with Gasteiger partial charge in [0.2, 0.25) is 0 Å². The van der Waals surface area contributed by atoms with E-state index in [1.807, 2.05) is 12.1 Å². The van der Waals surface area contributed by atoms with Gasteiger partial charge in [-0.05, 0) is 51.4 Å². The minimum atomic E-state index is -0.865. The van der Waals surface area contributed by atoms with E-state index in [0.717, 1.165) is 31.5 Å². The topological polar surface area (TPSA) is 58.6 Å². The van der Waals surface area contributed by atoms with Gasteiger partial charge in [-0.15, -0.1) is 0 Å². The molecule has 1 rings (SSSR count). The molecule has 2 N–H and O–H groups in total. The first-order valence-corrected chi connectivity index (χ1v) is 6.53. The van der Waals surface area contributed by atoms with Gasteiger partial charge < -0.3 is 15.2 Å². The predicted molar refractivity (Wildman–Crippen MR) is 75.7 cm³/mol. The minimum absolute atomic E-state index is 0.119. The van der Waals surface area contributed by atoms with Gasteiger partial charge in [-0.3, -0.25) is 0 Å². The Balaban J connectivity index is 2.36. The van der Waals surface area contributed by atoms with Crippen molar-refractivity contribution < 1.29 is 14.6 Å². The fraction of sp³-hybridized carbons (Fsp3) is 0.533. The summed E-state index contributed by atoms with van der Waals surface area (Å²) in [6, 6.07) is 7.13. The average molecular weight is 265 g/mol. The van der Waals surface area contributed by atoms with Crippen LogP contribution in [0.1, 0.15) is 36.2 Å². The molecule has 0 saturated carbocycles. The van der Waals surface area contributed by atoms with Crippen LogP contribution in [0.5, 0.6) is 0 Å². The van der Waals surface area contributed by atoms with Crippen molar-refractivity contribution in [2.45, 2.75) is 32.3 Å². The predicted octanol–water partition coefficient (Wildman–Crippen LogP) is 2.33. The van der Waals surface area contributed by atoms with Gasteiger partial charge >= 0.3 is 5.97 Å². The standard InChI is InChI=1S/C15H23NO3/c1-15(2,19-3)9-11-16-10-8-12-6-4-5-7-13(12)14(17)18/h4-7,16H,8-11H2,1-3H3,(H,17,18). The largest absolute Gasteiger partial charge is 0.478 e. The number of aromatic carboxylic acids is 1. The summed E-state index contributed by atoms with van der Waals surface area (Å²) in [4.78, 5) is 11.0. The molecule has 1 aromatic carbocycles. The number of ether oxygens (including phenoxy) is 1. The lowest BCUT2D eigenvalue weighted by Crippen LogP contribution is -2.29. The molecule has 0 radical (unpaired) electrons. The van der Waals surface area contributed by atoms with Crippen molar-refractivity contribution in [2.24, 2.45) is 0 Å². The Morgan fingerprint density at radius 3 is 2.63 bits per heavy atom. The van der Waals surface area contributed by atoms with E-state index in [1.54, 1.807) is 19.2 Å². The number of carboxylic acid groups (broad SMARTS) is 1. The third-order valence-corrected chi connectivity index (χ3v) is 3.28. The molecule has 4 nitrogen and oxygen atoms in total. The first kappa shape index (κ1) is 15.7. The summed E-state index contributed by atoms with van der Waals surface area (Å²) in [5.74, 6) is -0.865. The number of hydrogen-bond acceptors (Lipinski definition) is 3. The first-order chi connectivity index (χ1) is 8.96. The van der Waals surface area contributed by atoms with E-state index in [9.17, 15) is 4.79 Å². The number of hydrogen-bond donors (Lipinski definition) is 2.